The van der Waals surface area contributed by atoms with Gasteiger partial charge in [0.15, 0.2) is 0 Å². The maximum absolute atomic E-state index is 13.8. The molecule has 8 nitrogen and oxygen atoms in total. The van der Waals surface area contributed by atoms with E-state index in [4.69, 9.17) is 15.0 Å². The van der Waals surface area contributed by atoms with Gasteiger partial charge in [0.1, 0.15) is 5.75 Å². The lowest BCUT2D eigenvalue weighted by Gasteiger charge is -2.20. The van der Waals surface area contributed by atoms with E-state index in [0.29, 0.717) is 46.9 Å². The fraction of sp³-hybridized carbons (Fsp3) is 0.400. The number of phenolic OH excluding ortho intramolecular Hbond substituents is 1. The predicted octanol–water partition coefficient (Wildman–Crippen LogP) is 4.54. The predicted molar refractivity (Wildman–Crippen MR) is 153 cm³/mol. The van der Waals surface area contributed by atoms with Crippen LogP contribution in [-0.2, 0) is 0 Å². The number of carbonyl (C=O) groups is 1. The average Bonchev–Trinajstić information content (AvgIpc) is 3.67. The molecule has 38 heavy (non-hydrogen) atoms. The second kappa shape index (κ2) is 10.5. The van der Waals surface area contributed by atoms with Gasteiger partial charge in [-0.1, -0.05) is 0 Å². The Morgan fingerprint density at radius 3 is 2.55 bits per heavy atom. The molecular weight excluding hydrogens is 476 g/mol. The topological polar surface area (TPSA) is 94.0 Å². The molecule has 1 fully saturated rings. The second-order valence-corrected chi connectivity index (χ2v) is 10.7. The van der Waals surface area contributed by atoms with Crippen molar-refractivity contribution in [3.63, 3.8) is 0 Å². The zero-order valence-corrected chi connectivity index (χ0v) is 22.9. The summed E-state index contributed by atoms with van der Waals surface area (Å²) in [6.45, 7) is 7.02. The molecule has 3 aromatic rings. The summed E-state index contributed by atoms with van der Waals surface area (Å²) >= 11 is 0. The fourth-order valence-electron chi connectivity index (χ4n) is 4.95. The van der Waals surface area contributed by atoms with Crippen LogP contribution in [0.5, 0.6) is 5.75 Å². The minimum absolute atomic E-state index is 0.0997. The molecule has 0 saturated heterocycles. The molecule has 5 rings (SSSR count). The highest BCUT2D eigenvalue weighted by Crippen LogP contribution is 2.36. The number of hydrogen-bond donors (Lipinski definition) is 2. The maximum Gasteiger partial charge on any atom is 0.254 e. The number of aromatic nitrogens is 2. The van der Waals surface area contributed by atoms with Crippen molar-refractivity contribution in [1.29, 1.82) is 0 Å². The molecule has 3 heterocycles. The van der Waals surface area contributed by atoms with Crippen molar-refractivity contribution >= 4 is 28.2 Å². The molecule has 0 unspecified atom stereocenters. The number of aliphatic imine (C=N–C) groups is 1. The second-order valence-electron chi connectivity index (χ2n) is 10.7. The summed E-state index contributed by atoms with van der Waals surface area (Å²) < 4.78 is 0. The number of pyridine rings is 2. The van der Waals surface area contributed by atoms with E-state index < -0.39 is 0 Å². The standard InChI is InChI=1S/C30H36N6O2/c1-18-21(16-32-29(18)20-6-7-20)17-36(5)30(38)24-15-28(34-26-9-8-22(37)14-23(24)26)27-11-10-25(19(2)33-27)31-12-13-35(3)4/h8-11,14-15,20,31,37H,6-7,12-13,16-17H2,1-5H3. The minimum Gasteiger partial charge on any atom is -0.508 e. The highest BCUT2D eigenvalue weighted by atomic mass is 16.3. The molecule has 0 bridgehead atoms. The first-order valence-corrected chi connectivity index (χ1v) is 13.2. The van der Waals surface area contributed by atoms with Crippen molar-refractivity contribution < 1.29 is 9.90 Å². The van der Waals surface area contributed by atoms with Crippen LogP contribution in [0.1, 0.15) is 35.8 Å². The van der Waals surface area contributed by atoms with E-state index in [1.165, 1.54) is 29.7 Å². The fourth-order valence-corrected chi connectivity index (χ4v) is 4.95. The lowest BCUT2D eigenvalue weighted by molar-refractivity contribution is 0.0808. The number of hydrogen-bond acceptors (Lipinski definition) is 7. The SMILES string of the molecule is CC1=C(CN(C)C(=O)c2cc(-c3ccc(NCCN(C)C)c(C)n3)nc3ccc(O)cc23)CN=C1C1CC1. The van der Waals surface area contributed by atoms with Crippen molar-refractivity contribution in [2.45, 2.75) is 26.7 Å². The largest absolute Gasteiger partial charge is 0.508 e. The molecule has 1 saturated carbocycles. The molecule has 2 N–H and O–H groups in total. The van der Waals surface area contributed by atoms with Crippen LogP contribution in [0.3, 0.4) is 0 Å². The van der Waals surface area contributed by atoms with Crippen LogP contribution in [0.4, 0.5) is 5.69 Å². The number of nitrogens with zero attached hydrogens (tertiary/aromatic N) is 5. The van der Waals surface area contributed by atoms with Crippen molar-refractivity contribution in [2.75, 3.05) is 52.6 Å². The number of benzene rings is 1. The van der Waals surface area contributed by atoms with Crippen molar-refractivity contribution in [3.05, 3.63) is 58.8 Å². The number of phenols is 1. The van der Waals surface area contributed by atoms with Gasteiger partial charge in [-0.05, 0) is 88.3 Å². The molecule has 1 aliphatic heterocycles. The van der Waals surface area contributed by atoms with Crippen LogP contribution in [0, 0.1) is 12.8 Å². The maximum atomic E-state index is 13.8. The number of rotatable bonds is 9. The van der Waals surface area contributed by atoms with Crippen molar-refractivity contribution in [2.24, 2.45) is 10.9 Å². The normalized spacial score (nSPS) is 15.4. The first kappa shape index (κ1) is 25.9. The minimum atomic E-state index is -0.122. The number of anilines is 1. The van der Waals surface area contributed by atoms with Gasteiger partial charge in [0.25, 0.3) is 5.91 Å². The zero-order chi connectivity index (χ0) is 27.0. The van der Waals surface area contributed by atoms with Crippen molar-refractivity contribution in [1.82, 2.24) is 19.8 Å². The molecule has 1 amide bonds. The number of aromatic hydroxyl groups is 1. The Bertz CT molecular complexity index is 1450. The van der Waals surface area contributed by atoms with Gasteiger partial charge in [-0.2, -0.15) is 0 Å². The number of aryl methyl sites for hydroxylation is 1. The van der Waals surface area contributed by atoms with Gasteiger partial charge in [-0.15, -0.1) is 0 Å². The molecule has 1 aliphatic carbocycles. The number of fused-ring (bicyclic) bond motifs is 1. The highest BCUT2D eigenvalue weighted by Gasteiger charge is 2.32. The summed E-state index contributed by atoms with van der Waals surface area (Å²) in [6.07, 6.45) is 2.43. The number of likely N-dealkylation sites (N-methyl/N-ethyl adjacent to an activating group) is 2. The third-order valence-electron chi connectivity index (χ3n) is 7.34. The lowest BCUT2D eigenvalue weighted by atomic mass is 10.0. The number of allylic oxidation sites excluding steroid dienone is 1. The van der Waals surface area contributed by atoms with Crippen LogP contribution < -0.4 is 5.32 Å². The van der Waals surface area contributed by atoms with Gasteiger partial charge >= 0.3 is 0 Å². The molecule has 0 radical (unpaired) electrons. The van der Waals surface area contributed by atoms with E-state index in [-0.39, 0.29) is 11.7 Å². The molecular formula is C30H36N6O2. The lowest BCUT2D eigenvalue weighted by Crippen LogP contribution is -2.29. The number of amides is 1. The first-order valence-electron chi connectivity index (χ1n) is 13.2. The Morgan fingerprint density at radius 1 is 1.05 bits per heavy atom. The molecule has 0 atom stereocenters. The summed E-state index contributed by atoms with van der Waals surface area (Å²) in [4.78, 5) is 32.0. The van der Waals surface area contributed by atoms with E-state index >= 15 is 0 Å². The van der Waals surface area contributed by atoms with E-state index in [2.05, 4.69) is 17.1 Å². The Balaban J connectivity index is 1.44. The summed E-state index contributed by atoms with van der Waals surface area (Å²) in [5, 5.41) is 14.2. The summed E-state index contributed by atoms with van der Waals surface area (Å²) in [7, 11) is 5.91. The van der Waals surface area contributed by atoms with Gasteiger partial charge < -0.3 is 20.2 Å². The van der Waals surface area contributed by atoms with Crippen molar-refractivity contribution in [3.8, 4) is 17.1 Å². The third-order valence-corrected chi connectivity index (χ3v) is 7.34. The molecule has 1 aromatic carbocycles. The van der Waals surface area contributed by atoms with Gasteiger partial charge in [0.2, 0.25) is 0 Å². The molecule has 8 heteroatoms. The quantitative estimate of drug-likeness (QED) is 0.437. The van der Waals surface area contributed by atoms with Crippen LogP contribution in [0.15, 0.2) is 52.5 Å². The Labute approximate surface area is 224 Å². The molecule has 2 aromatic heterocycles. The first-order chi connectivity index (χ1) is 18.2. The van der Waals surface area contributed by atoms with E-state index in [1.807, 2.05) is 40.2 Å². The smallest absolute Gasteiger partial charge is 0.254 e. The zero-order valence-electron chi connectivity index (χ0n) is 22.9. The summed E-state index contributed by atoms with van der Waals surface area (Å²) in [6, 6.07) is 10.7. The highest BCUT2D eigenvalue weighted by molar-refractivity contribution is 6.08. The summed E-state index contributed by atoms with van der Waals surface area (Å²) in [5.74, 6) is 0.583. The Kier molecular flexibility index (Phi) is 7.17. The van der Waals surface area contributed by atoms with Crippen LogP contribution in [-0.4, -0.2) is 83.8 Å². The van der Waals surface area contributed by atoms with Gasteiger partial charge in [0, 0.05) is 43.7 Å². The monoisotopic (exact) mass is 512 g/mol. The molecule has 0 spiro atoms. The van der Waals surface area contributed by atoms with E-state index in [9.17, 15) is 9.90 Å². The average molecular weight is 513 g/mol. The van der Waals surface area contributed by atoms with E-state index in [0.717, 1.165) is 24.5 Å². The van der Waals surface area contributed by atoms with E-state index in [1.54, 1.807) is 29.2 Å². The van der Waals surface area contributed by atoms with Crippen LogP contribution in [0.25, 0.3) is 22.3 Å². The number of carbonyl (C=O) groups excluding carboxylic acids is 1. The number of nitrogens with one attached hydrogen (secondary N) is 1. The van der Waals surface area contributed by atoms with Crippen LogP contribution >= 0.6 is 0 Å². The van der Waals surface area contributed by atoms with Gasteiger partial charge in [-0.3, -0.25) is 9.79 Å². The summed E-state index contributed by atoms with van der Waals surface area (Å²) in [5.41, 5.74) is 7.96. The Hall–Kier alpha value is -3.78. The van der Waals surface area contributed by atoms with Gasteiger partial charge in [0.05, 0.1) is 40.4 Å². The van der Waals surface area contributed by atoms with Crippen LogP contribution in [0.2, 0.25) is 0 Å². The van der Waals surface area contributed by atoms with Gasteiger partial charge in [-0.25, -0.2) is 9.97 Å². The Morgan fingerprint density at radius 2 is 1.84 bits per heavy atom. The molecule has 2 aliphatic rings. The molecule has 198 valence electrons. The third kappa shape index (κ3) is 5.41.